The molecular formula is C14H20FNO. The fourth-order valence-electron chi connectivity index (χ4n) is 1.61. The lowest BCUT2D eigenvalue weighted by molar-refractivity contribution is 0.0707. The van der Waals surface area contributed by atoms with Crippen molar-refractivity contribution in [1.29, 1.82) is 0 Å². The molecule has 0 heterocycles. The molecule has 17 heavy (non-hydrogen) atoms. The van der Waals surface area contributed by atoms with Gasteiger partial charge in [0.2, 0.25) is 0 Å². The number of aryl methyl sites for hydroxylation is 1. The number of carbonyl (C=O) groups is 1. The van der Waals surface area contributed by atoms with Gasteiger partial charge in [-0.05, 0) is 43.5 Å². The van der Waals surface area contributed by atoms with Gasteiger partial charge in [0.15, 0.2) is 0 Å². The largest absolute Gasteiger partial charge is 0.339 e. The van der Waals surface area contributed by atoms with E-state index in [-0.39, 0.29) is 17.8 Å². The number of hydrogen-bond donors (Lipinski definition) is 0. The minimum Gasteiger partial charge on any atom is -0.339 e. The molecular weight excluding hydrogens is 217 g/mol. The minimum absolute atomic E-state index is 0.0608. The summed E-state index contributed by atoms with van der Waals surface area (Å²) in [4.78, 5) is 13.9. The predicted molar refractivity (Wildman–Crippen MR) is 67.5 cm³/mol. The Balaban J connectivity index is 2.92. The van der Waals surface area contributed by atoms with Gasteiger partial charge in [0, 0.05) is 18.7 Å². The number of halogens is 1. The van der Waals surface area contributed by atoms with E-state index in [9.17, 15) is 9.18 Å². The molecule has 1 unspecified atom stereocenters. The van der Waals surface area contributed by atoms with Crippen LogP contribution in [-0.4, -0.2) is 23.9 Å². The first-order valence-corrected chi connectivity index (χ1v) is 5.88. The van der Waals surface area contributed by atoms with E-state index in [1.807, 2.05) is 6.92 Å². The third-order valence-corrected chi connectivity index (χ3v) is 3.30. The summed E-state index contributed by atoms with van der Waals surface area (Å²) in [6, 6.07) is 4.64. The first-order chi connectivity index (χ1) is 7.84. The zero-order valence-electron chi connectivity index (χ0n) is 11.1. The maximum absolute atomic E-state index is 13.1. The summed E-state index contributed by atoms with van der Waals surface area (Å²) in [6.07, 6.45) is 0. The van der Waals surface area contributed by atoms with E-state index in [1.54, 1.807) is 24.9 Å². The number of benzene rings is 1. The maximum Gasteiger partial charge on any atom is 0.253 e. The highest BCUT2D eigenvalue weighted by atomic mass is 19.1. The van der Waals surface area contributed by atoms with Gasteiger partial charge in [-0.2, -0.15) is 0 Å². The Kier molecular flexibility index (Phi) is 4.27. The summed E-state index contributed by atoms with van der Waals surface area (Å²) >= 11 is 0. The van der Waals surface area contributed by atoms with Crippen LogP contribution < -0.4 is 0 Å². The summed E-state index contributed by atoms with van der Waals surface area (Å²) < 4.78 is 13.1. The fraction of sp³-hybridized carbons (Fsp3) is 0.500. The van der Waals surface area contributed by atoms with Crippen LogP contribution in [0, 0.1) is 18.7 Å². The zero-order valence-corrected chi connectivity index (χ0v) is 11.1. The highest BCUT2D eigenvalue weighted by molar-refractivity contribution is 5.94. The Bertz CT molecular complexity index is 415. The Morgan fingerprint density at radius 3 is 2.35 bits per heavy atom. The summed E-state index contributed by atoms with van der Waals surface area (Å²) in [7, 11) is 1.78. The van der Waals surface area contributed by atoms with E-state index in [2.05, 4.69) is 13.8 Å². The van der Waals surface area contributed by atoms with Crippen molar-refractivity contribution in [1.82, 2.24) is 4.90 Å². The van der Waals surface area contributed by atoms with Crippen molar-refractivity contribution < 1.29 is 9.18 Å². The van der Waals surface area contributed by atoms with Crippen molar-refractivity contribution in [2.24, 2.45) is 5.92 Å². The smallest absolute Gasteiger partial charge is 0.253 e. The second kappa shape index (κ2) is 5.30. The molecule has 0 N–H and O–H groups in total. The first kappa shape index (κ1) is 13.7. The third-order valence-electron chi connectivity index (χ3n) is 3.30. The second-order valence-corrected chi connectivity index (χ2v) is 4.86. The molecule has 1 aromatic rings. The Morgan fingerprint density at radius 1 is 1.29 bits per heavy atom. The van der Waals surface area contributed by atoms with E-state index in [0.29, 0.717) is 17.0 Å². The molecule has 0 aliphatic rings. The molecule has 1 aromatic carbocycles. The fourth-order valence-corrected chi connectivity index (χ4v) is 1.61. The van der Waals surface area contributed by atoms with Crippen molar-refractivity contribution in [3.05, 3.63) is 35.1 Å². The number of hydrogen-bond acceptors (Lipinski definition) is 1. The summed E-state index contributed by atoms with van der Waals surface area (Å²) in [5, 5.41) is 0. The Hall–Kier alpha value is -1.38. The van der Waals surface area contributed by atoms with Gasteiger partial charge in [0.25, 0.3) is 5.91 Å². The highest BCUT2D eigenvalue weighted by Crippen LogP contribution is 2.15. The minimum atomic E-state index is -0.277. The maximum atomic E-state index is 13.1. The van der Waals surface area contributed by atoms with Gasteiger partial charge in [-0.25, -0.2) is 4.39 Å². The predicted octanol–water partition coefficient (Wildman–Crippen LogP) is 3.25. The number of amides is 1. The van der Waals surface area contributed by atoms with Crippen molar-refractivity contribution in [3.63, 3.8) is 0 Å². The van der Waals surface area contributed by atoms with Crippen LogP contribution in [0.5, 0.6) is 0 Å². The number of nitrogens with zero attached hydrogens (tertiary/aromatic N) is 1. The monoisotopic (exact) mass is 237 g/mol. The molecule has 0 radical (unpaired) electrons. The first-order valence-electron chi connectivity index (χ1n) is 5.88. The van der Waals surface area contributed by atoms with Gasteiger partial charge in [0.1, 0.15) is 5.82 Å². The van der Waals surface area contributed by atoms with Gasteiger partial charge >= 0.3 is 0 Å². The number of rotatable bonds is 3. The van der Waals surface area contributed by atoms with E-state index >= 15 is 0 Å². The van der Waals surface area contributed by atoms with E-state index in [4.69, 9.17) is 0 Å². The van der Waals surface area contributed by atoms with Gasteiger partial charge in [0.05, 0.1) is 0 Å². The topological polar surface area (TPSA) is 20.3 Å². The third kappa shape index (κ3) is 3.05. The molecule has 0 aromatic heterocycles. The van der Waals surface area contributed by atoms with E-state index in [1.165, 1.54) is 12.1 Å². The lowest BCUT2D eigenvalue weighted by Gasteiger charge is -2.28. The molecule has 0 aliphatic heterocycles. The summed E-state index contributed by atoms with van der Waals surface area (Å²) in [5.41, 5.74) is 1.04. The summed E-state index contributed by atoms with van der Waals surface area (Å²) in [5.74, 6) is 0.0564. The lowest BCUT2D eigenvalue weighted by atomic mass is 10.0. The molecule has 1 rings (SSSR count). The lowest BCUT2D eigenvalue weighted by Crippen LogP contribution is -2.38. The molecule has 2 nitrogen and oxygen atoms in total. The van der Waals surface area contributed by atoms with Crippen molar-refractivity contribution in [2.75, 3.05) is 7.05 Å². The van der Waals surface area contributed by atoms with Gasteiger partial charge in [-0.3, -0.25) is 4.79 Å². The van der Waals surface area contributed by atoms with E-state index in [0.717, 1.165) is 0 Å². The zero-order chi connectivity index (χ0) is 13.2. The highest BCUT2D eigenvalue weighted by Gasteiger charge is 2.20. The average Bonchev–Trinajstić information content (AvgIpc) is 2.29. The average molecular weight is 237 g/mol. The molecule has 94 valence electrons. The van der Waals surface area contributed by atoms with Crippen LogP contribution in [0.4, 0.5) is 4.39 Å². The molecule has 0 saturated heterocycles. The normalized spacial score (nSPS) is 12.6. The van der Waals surface area contributed by atoms with Crippen LogP contribution in [0.25, 0.3) is 0 Å². The molecule has 0 saturated carbocycles. The van der Waals surface area contributed by atoms with Crippen LogP contribution in [0.15, 0.2) is 18.2 Å². The van der Waals surface area contributed by atoms with Gasteiger partial charge < -0.3 is 4.90 Å². The molecule has 1 atom stereocenters. The Morgan fingerprint density at radius 2 is 1.88 bits per heavy atom. The second-order valence-electron chi connectivity index (χ2n) is 4.86. The molecule has 3 heteroatoms. The molecule has 0 spiro atoms. The Labute approximate surface area is 102 Å². The molecule has 0 aliphatic carbocycles. The van der Waals surface area contributed by atoms with Crippen molar-refractivity contribution in [3.8, 4) is 0 Å². The van der Waals surface area contributed by atoms with Crippen LogP contribution in [-0.2, 0) is 0 Å². The van der Waals surface area contributed by atoms with Gasteiger partial charge in [-0.15, -0.1) is 0 Å². The van der Waals surface area contributed by atoms with Crippen LogP contribution >= 0.6 is 0 Å². The molecule has 0 fully saturated rings. The van der Waals surface area contributed by atoms with Gasteiger partial charge in [-0.1, -0.05) is 13.8 Å². The van der Waals surface area contributed by atoms with Crippen LogP contribution in [0.2, 0.25) is 0 Å². The SMILES string of the molecule is Cc1cc(C(=O)N(C)C(C)C(C)C)ccc1F. The summed E-state index contributed by atoms with van der Waals surface area (Å²) in [6.45, 7) is 7.83. The standard InChI is InChI=1S/C14H20FNO/c1-9(2)11(4)16(5)14(17)12-6-7-13(15)10(3)8-12/h6-9,11H,1-5H3. The molecule has 1 amide bonds. The number of carbonyl (C=O) groups excluding carboxylic acids is 1. The van der Waals surface area contributed by atoms with Crippen molar-refractivity contribution in [2.45, 2.75) is 33.7 Å². The van der Waals surface area contributed by atoms with Crippen molar-refractivity contribution >= 4 is 5.91 Å². The van der Waals surface area contributed by atoms with Crippen LogP contribution in [0.1, 0.15) is 36.7 Å². The van der Waals surface area contributed by atoms with E-state index < -0.39 is 0 Å². The molecule has 0 bridgehead atoms. The quantitative estimate of drug-likeness (QED) is 0.790. The van der Waals surface area contributed by atoms with Crippen LogP contribution in [0.3, 0.4) is 0 Å².